The number of alkyl carbamates (subject to hydrolysis) is 1. The molecule has 2 N–H and O–H groups in total. The summed E-state index contributed by atoms with van der Waals surface area (Å²) in [5.41, 5.74) is 1.31. The van der Waals surface area contributed by atoms with Crippen molar-refractivity contribution in [2.24, 2.45) is 0 Å². The van der Waals surface area contributed by atoms with Gasteiger partial charge in [0.05, 0.1) is 34.3 Å². The van der Waals surface area contributed by atoms with E-state index in [1.807, 2.05) is 17.9 Å². The molecule has 8 rings (SSSR count). The average molecular weight is 621 g/mol. The first-order chi connectivity index (χ1) is 21.3. The van der Waals surface area contributed by atoms with Crippen LogP contribution < -0.4 is 15.0 Å². The van der Waals surface area contributed by atoms with E-state index < -0.39 is 17.4 Å². The number of benzene rings is 1. The zero-order valence-corrected chi connectivity index (χ0v) is 25.5. The molecule has 0 radical (unpaired) electrons. The highest BCUT2D eigenvalue weighted by Crippen LogP contribution is 2.40. The van der Waals surface area contributed by atoms with E-state index >= 15 is 4.39 Å². The normalized spacial score (nSPS) is 23.5. The monoisotopic (exact) mass is 620 g/mol. The molecule has 11 nitrogen and oxygen atoms in total. The lowest BCUT2D eigenvalue weighted by Crippen LogP contribution is -2.57. The number of hydrogen-bond donors (Lipinski definition) is 2. The smallest absolute Gasteiger partial charge is 0.407 e. The summed E-state index contributed by atoms with van der Waals surface area (Å²) in [6.07, 6.45) is 10.5. The number of likely N-dealkylation sites (tertiary alicyclic amines) is 1. The molecule has 4 aliphatic heterocycles. The number of fused-ring (bicyclic) bond motifs is 7. The van der Waals surface area contributed by atoms with E-state index in [2.05, 4.69) is 37.4 Å². The number of carbonyl (C=O) groups excluding carboxylic acids is 1. The number of anilines is 1. The molecule has 0 spiro atoms. The van der Waals surface area contributed by atoms with E-state index in [0.29, 0.717) is 64.4 Å². The maximum atomic E-state index is 16.9. The molecule has 7 heterocycles. The van der Waals surface area contributed by atoms with Crippen LogP contribution in [0.2, 0.25) is 5.02 Å². The Balaban J connectivity index is 1.43. The number of carbonyl (C=O) groups is 1. The predicted octanol–water partition coefficient (Wildman–Crippen LogP) is 5.34. The third-order valence-electron chi connectivity index (χ3n) is 8.89. The molecule has 0 unspecified atom stereocenters. The molecular formula is C31H34ClFN8O3. The Bertz CT molecular complexity index is 1780. The number of aromatic nitrogens is 5. The van der Waals surface area contributed by atoms with Crippen molar-refractivity contribution < 1.29 is 18.7 Å². The van der Waals surface area contributed by atoms with Crippen LogP contribution in [0.15, 0.2) is 24.5 Å². The zero-order chi connectivity index (χ0) is 30.4. The number of likely N-dealkylation sites (N-methyl/N-ethyl adjacent to an activating group) is 1. The molecule has 1 aromatic carbocycles. The van der Waals surface area contributed by atoms with Crippen LogP contribution in [0, 0.1) is 5.82 Å². The van der Waals surface area contributed by atoms with E-state index in [-0.39, 0.29) is 29.9 Å². The minimum atomic E-state index is -0.603. The molecule has 0 saturated carbocycles. The fourth-order valence-corrected chi connectivity index (χ4v) is 6.85. The molecule has 1 amide bonds. The van der Waals surface area contributed by atoms with Crippen LogP contribution in [-0.4, -0.2) is 87.6 Å². The highest BCUT2D eigenvalue weighted by Gasteiger charge is 2.35. The molecule has 2 fully saturated rings. The Morgan fingerprint density at radius 1 is 1.23 bits per heavy atom. The van der Waals surface area contributed by atoms with E-state index in [1.54, 1.807) is 24.5 Å². The van der Waals surface area contributed by atoms with Crippen molar-refractivity contribution in [3.63, 3.8) is 0 Å². The molecule has 0 aliphatic carbocycles. The Morgan fingerprint density at radius 3 is 2.95 bits per heavy atom. The lowest BCUT2D eigenvalue weighted by atomic mass is 9.91. The second-order valence-corrected chi connectivity index (χ2v) is 12.5. The van der Waals surface area contributed by atoms with Crippen molar-refractivity contribution in [1.29, 1.82) is 0 Å². The van der Waals surface area contributed by atoms with Crippen molar-refractivity contribution in [2.75, 3.05) is 44.8 Å². The summed E-state index contributed by atoms with van der Waals surface area (Å²) < 4.78 is 28.6. The average Bonchev–Trinajstić information content (AvgIpc) is 3.63. The second-order valence-electron chi connectivity index (χ2n) is 12.1. The van der Waals surface area contributed by atoms with Crippen LogP contribution in [0.1, 0.15) is 44.6 Å². The van der Waals surface area contributed by atoms with E-state index in [0.717, 1.165) is 32.2 Å². The predicted molar refractivity (Wildman–Crippen MR) is 167 cm³/mol. The standard InChI is InChI=1S/C31H34ClFN8O3/c1-31-9-6-11-41(17-31)28-21-14-34-27(25(33)26(21)36-29(37-28)44-16-18-7-5-10-40(18)2)24-19(8-3-4-12-43-30(42)38-31)22(32)13-23-20(24)15-35-39-23/h3,8,13-15,18H,4-7,9-12,16-17H2,1-2H3,(H,35,39)(H,38,42)/b8-3-/t18-,31+/m0/s1. The number of ether oxygens (including phenoxy) is 2. The number of nitrogens with zero attached hydrogens (tertiary/aromatic N) is 6. The van der Waals surface area contributed by atoms with Crippen LogP contribution in [0.5, 0.6) is 6.01 Å². The van der Waals surface area contributed by atoms with Gasteiger partial charge in [0.1, 0.15) is 23.6 Å². The summed E-state index contributed by atoms with van der Waals surface area (Å²) in [6, 6.07) is 2.08. The molecule has 4 aromatic rings. The van der Waals surface area contributed by atoms with Crippen molar-refractivity contribution in [3.8, 4) is 17.3 Å². The third-order valence-corrected chi connectivity index (χ3v) is 9.21. The number of hydrogen-bond acceptors (Lipinski definition) is 9. The molecule has 44 heavy (non-hydrogen) atoms. The van der Waals surface area contributed by atoms with Gasteiger partial charge >= 0.3 is 12.1 Å². The van der Waals surface area contributed by atoms with Gasteiger partial charge < -0.3 is 24.6 Å². The van der Waals surface area contributed by atoms with Crippen molar-refractivity contribution in [2.45, 2.75) is 50.6 Å². The third kappa shape index (κ3) is 5.30. The number of halogens is 2. The SMILES string of the molecule is CN1CCC[C@H]1COc1nc2c3cnc(c(F)c3n1)-c1c(c(Cl)cc3[nH]ncc13)/C=C\CCOC(=O)N[C@]1(C)CCCN2C1. The van der Waals surface area contributed by atoms with E-state index in [9.17, 15) is 4.79 Å². The summed E-state index contributed by atoms with van der Waals surface area (Å²) in [4.78, 5) is 31.2. The van der Waals surface area contributed by atoms with Crippen LogP contribution in [-0.2, 0) is 4.74 Å². The van der Waals surface area contributed by atoms with Gasteiger partial charge in [-0.25, -0.2) is 9.18 Å². The Hall–Kier alpha value is -4.03. The van der Waals surface area contributed by atoms with Gasteiger partial charge in [0.15, 0.2) is 5.82 Å². The number of nitrogens with one attached hydrogen (secondary N) is 2. The minimum absolute atomic E-state index is 0.0954. The summed E-state index contributed by atoms with van der Waals surface area (Å²) in [5, 5.41) is 11.7. The maximum absolute atomic E-state index is 16.9. The molecule has 3 aromatic heterocycles. The van der Waals surface area contributed by atoms with Gasteiger partial charge in [-0.15, -0.1) is 0 Å². The van der Waals surface area contributed by atoms with Gasteiger partial charge in [0, 0.05) is 41.8 Å². The van der Waals surface area contributed by atoms with Crippen molar-refractivity contribution >= 4 is 51.4 Å². The molecule has 13 heteroatoms. The van der Waals surface area contributed by atoms with Crippen LogP contribution in [0.25, 0.3) is 39.1 Å². The van der Waals surface area contributed by atoms with E-state index in [4.69, 9.17) is 26.1 Å². The molecule has 230 valence electrons. The van der Waals surface area contributed by atoms with Crippen molar-refractivity contribution in [3.05, 3.63) is 40.9 Å². The summed E-state index contributed by atoms with van der Waals surface area (Å²) in [5.74, 6) is -0.0954. The van der Waals surface area contributed by atoms with Gasteiger partial charge in [0.2, 0.25) is 0 Å². The van der Waals surface area contributed by atoms with Crippen molar-refractivity contribution in [1.82, 2.24) is 35.4 Å². The zero-order valence-electron chi connectivity index (χ0n) is 24.7. The maximum Gasteiger partial charge on any atom is 0.407 e. The summed E-state index contributed by atoms with van der Waals surface area (Å²) >= 11 is 6.74. The summed E-state index contributed by atoms with van der Waals surface area (Å²) in [7, 11) is 2.07. The van der Waals surface area contributed by atoms with Gasteiger partial charge in [-0.1, -0.05) is 23.8 Å². The fourth-order valence-electron chi connectivity index (χ4n) is 6.58. The number of aromatic amines is 1. The Kier molecular flexibility index (Phi) is 7.49. The van der Waals surface area contributed by atoms with Gasteiger partial charge in [-0.05, 0) is 58.7 Å². The highest BCUT2D eigenvalue weighted by atomic mass is 35.5. The number of piperidine rings is 1. The Morgan fingerprint density at radius 2 is 2.11 bits per heavy atom. The van der Waals surface area contributed by atoms with Crippen LogP contribution in [0.3, 0.4) is 0 Å². The van der Waals surface area contributed by atoms with E-state index in [1.165, 1.54) is 0 Å². The number of rotatable bonds is 3. The number of H-pyrrole nitrogens is 1. The lowest BCUT2D eigenvalue weighted by Gasteiger charge is -2.41. The van der Waals surface area contributed by atoms with Gasteiger partial charge in [0.25, 0.3) is 0 Å². The fraction of sp³-hybridized carbons (Fsp3) is 0.452. The lowest BCUT2D eigenvalue weighted by molar-refractivity contribution is 0.133. The molecule has 4 aliphatic rings. The first kappa shape index (κ1) is 28.7. The first-order valence-corrected chi connectivity index (χ1v) is 15.4. The second kappa shape index (κ2) is 11.5. The van der Waals surface area contributed by atoms with Gasteiger partial charge in [-0.2, -0.15) is 15.1 Å². The number of amides is 1. The quantitative estimate of drug-likeness (QED) is 0.313. The molecule has 2 atom stereocenters. The largest absolute Gasteiger partial charge is 0.462 e. The minimum Gasteiger partial charge on any atom is -0.462 e. The molecule has 2 saturated heterocycles. The topological polar surface area (TPSA) is 121 Å². The number of pyridine rings is 1. The van der Waals surface area contributed by atoms with Gasteiger partial charge in [-0.3, -0.25) is 10.1 Å². The Labute approximate surface area is 258 Å². The first-order valence-electron chi connectivity index (χ1n) is 15.0. The summed E-state index contributed by atoms with van der Waals surface area (Å²) in [6.45, 7) is 4.65. The van der Waals surface area contributed by atoms with Crippen LogP contribution in [0.4, 0.5) is 15.0 Å². The highest BCUT2D eigenvalue weighted by molar-refractivity contribution is 6.33. The molecular weight excluding hydrogens is 587 g/mol. The molecule has 6 bridgehead atoms. The van der Waals surface area contributed by atoms with Crippen LogP contribution >= 0.6 is 11.6 Å².